The van der Waals surface area contributed by atoms with Gasteiger partial charge in [0, 0.05) is 24.2 Å². The number of nitrogens with zero attached hydrogens (tertiary/aromatic N) is 2. The highest BCUT2D eigenvalue weighted by Gasteiger charge is 1.96. The molecule has 0 saturated carbocycles. The van der Waals surface area contributed by atoms with E-state index in [9.17, 15) is 0 Å². The Labute approximate surface area is 96.8 Å². The van der Waals surface area contributed by atoms with Crippen LogP contribution in [0.15, 0.2) is 66.6 Å². The highest BCUT2D eigenvalue weighted by atomic mass is 14.7. The number of hydrogen-bond donors (Lipinski definition) is 0. The van der Waals surface area contributed by atoms with Gasteiger partial charge in [0.15, 0.2) is 0 Å². The van der Waals surface area contributed by atoms with E-state index in [-0.39, 0.29) is 0 Å². The normalized spacial score (nSPS) is 12.3. The molecule has 1 rings (SSSR count). The van der Waals surface area contributed by atoms with Crippen LogP contribution in [0.5, 0.6) is 0 Å². The Balaban J connectivity index is 2.99. The number of pyridine rings is 1. The first kappa shape index (κ1) is 12.1. The number of hydrogen-bond acceptors (Lipinski definition) is 2. The quantitative estimate of drug-likeness (QED) is 0.541. The molecule has 0 atom stereocenters. The van der Waals surface area contributed by atoms with Crippen molar-refractivity contribution in [2.45, 2.75) is 13.3 Å². The smallest absolute Gasteiger partial charge is 0.0697 e. The maximum absolute atomic E-state index is 4.39. The first-order valence-electron chi connectivity index (χ1n) is 5.24. The molecule has 0 N–H and O–H groups in total. The van der Waals surface area contributed by atoms with Crippen LogP contribution in [0.2, 0.25) is 0 Å². The molecule has 1 aromatic rings. The lowest BCUT2D eigenvalue weighted by molar-refractivity contribution is 1.14. The molecule has 0 bridgehead atoms. The maximum Gasteiger partial charge on any atom is 0.0697 e. The molecule has 0 aliphatic rings. The average Bonchev–Trinajstić information content (AvgIpc) is 2.36. The van der Waals surface area contributed by atoms with E-state index in [0.717, 1.165) is 23.3 Å². The highest BCUT2D eigenvalue weighted by molar-refractivity contribution is 6.08. The van der Waals surface area contributed by atoms with Crippen molar-refractivity contribution < 1.29 is 0 Å². The zero-order valence-corrected chi connectivity index (χ0v) is 9.56. The Hall–Kier alpha value is -1.96. The second-order valence-electron chi connectivity index (χ2n) is 3.22. The highest BCUT2D eigenvalue weighted by Crippen LogP contribution is 2.05. The van der Waals surface area contributed by atoms with E-state index >= 15 is 0 Å². The molecule has 1 aromatic heterocycles. The van der Waals surface area contributed by atoms with Gasteiger partial charge in [-0.2, -0.15) is 0 Å². The third-order valence-corrected chi connectivity index (χ3v) is 2.21. The minimum Gasteiger partial charge on any atom is -0.265 e. The van der Waals surface area contributed by atoms with Gasteiger partial charge in [-0.05, 0) is 30.2 Å². The first-order valence-corrected chi connectivity index (χ1v) is 5.24. The predicted octanol–water partition coefficient (Wildman–Crippen LogP) is 3.54. The minimum absolute atomic E-state index is 0.843. The summed E-state index contributed by atoms with van der Waals surface area (Å²) in [5.41, 5.74) is 2.96. The van der Waals surface area contributed by atoms with Gasteiger partial charge in [-0.25, -0.2) is 0 Å². The molecule has 82 valence electrons. The molecule has 0 aliphatic carbocycles. The topological polar surface area (TPSA) is 25.2 Å². The Morgan fingerprint density at radius 1 is 1.31 bits per heavy atom. The van der Waals surface area contributed by atoms with Gasteiger partial charge in [0.1, 0.15) is 0 Å². The molecular weight excluding hydrogens is 196 g/mol. The van der Waals surface area contributed by atoms with Crippen LogP contribution in [0.4, 0.5) is 0 Å². The molecule has 2 nitrogen and oxygen atoms in total. The molecular formula is C14H16N2. The van der Waals surface area contributed by atoms with Gasteiger partial charge in [-0.1, -0.05) is 26.2 Å². The Morgan fingerprint density at radius 2 is 2.00 bits per heavy atom. The molecule has 0 amide bonds. The Kier molecular flexibility index (Phi) is 4.93. The van der Waals surface area contributed by atoms with Crippen LogP contribution >= 0.6 is 0 Å². The number of aliphatic imine (C=N–C) groups is 1. The van der Waals surface area contributed by atoms with Crippen molar-refractivity contribution in [3.05, 3.63) is 67.2 Å². The van der Waals surface area contributed by atoms with Crippen molar-refractivity contribution in [1.82, 2.24) is 4.98 Å². The number of allylic oxidation sites excluding steroid dienone is 3. The Bertz CT molecular complexity index is 414. The van der Waals surface area contributed by atoms with Crippen LogP contribution in [-0.4, -0.2) is 10.7 Å². The van der Waals surface area contributed by atoms with E-state index in [1.165, 1.54) is 0 Å². The summed E-state index contributed by atoms with van der Waals surface area (Å²) in [5.74, 6) is 0. The molecule has 0 radical (unpaired) electrons. The van der Waals surface area contributed by atoms with Crippen LogP contribution in [0.3, 0.4) is 0 Å². The molecule has 0 unspecified atom stereocenters. The average molecular weight is 212 g/mol. The van der Waals surface area contributed by atoms with Crippen molar-refractivity contribution in [2.24, 2.45) is 4.99 Å². The molecule has 16 heavy (non-hydrogen) atoms. The predicted molar refractivity (Wildman–Crippen MR) is 69.5 cm³/mol. The SMILES string of the molecule is C=C/C(=C\N=C(/C=C)c1ccncc1)CC. The summed E-state index contributed by atoms with van der Waals surface area (Å²) in [7, 11) is 0. The van der Waals surface area contributed by atoms with Gasteiger partial charge in [-0.3, -0.25) is 9.98 Å². The largest absolute Gasteiger partial charge is 0.265 e. The molecule has 0 spiro atoms. The van der Waals surface area contributed by atoms with Gasteiger partial charge in [0.25, 0.3) is 0 Å². The van der Waals surface area contributed by atoms with Gasteiger partial charge >= 0.3 is 0 Å². The lowest BCUT2D eigenvalue weighted by Crippen LogP contribution is -1.95. The molecule has 0 fully saturated rings. The van der Waals surface area contributed by atoms with E-state index in [1.807, 2.05) is 24.4 Å². The van der Waals surface area contributed by atoms with Crippen LogP contribution < -0.4 is 0 Å². The van der Waals surface area contributed by atoms with Crippen LogP contribution in [0.25, 0.3) is 0 Å². The van der Waals surface area contributed by atoms with E-state index in [1.54, 1.807) is 18.5 Å². The fraction of sp³-hybridized carbons (Fsp3) is 0.143. The monoisotopic (exact) mass is 212 g/mol. The van der Waals surface area contributed by atoms with Crippen molar-refractivity contribution >= 4 is 5.71 Å². The van der Waals surface area contributed by atoms with Gasteiger partial charge in [0.2, 0.25) is 0 Å². The van der Waals surface area contributed by atoms with Crippen LogP contribution in [-0.2, 0) is 0 Å². The molecule has 0 aliphatic heterocycles. The summed E-state index contributed by atoms with van der Waals surface area (Å²) in [6, 6.07) is 3.82. The van der Waals surface area contributed by atoms with Crippen LogP contribution in [0, 0.1) is 0 Å². The molecule has 2 heteroatoms. The first-order chi connectivity index (χ1) is 7.81. The summed E-state index contributed by atoms with van der Waals surface area (Å²) in [4.78, 5) is 8.36. The van der Waals surface area contributed by atoms with Gasteiger partial charge in [-0.15, -0.1) is 0 Å². The van der Waals surface area contributed by atoms with Crippen molar-refractivity contribution in [2.75, 3.05) is 0 Å². The molecule has 0 aromatic carbocycles. The summed E-state index contributed by atoms with van der Waals surface area (Å²) >= 11 is 0. The fourth-order valence-electron chi connectivity index (χ4n) is 1.21. The minimum atomic E-state index is 0.843. The summed E-state index contributed by atoms with van der Waals surface area (Å²) in [5, 5.41) is 0. The number of aromatic nitrogens is 1. The maximum atomic E-state index is 4.39. The second-order valence-corrected chi connectivity index (χ2v) is 3.22. The zero-order valence-electron chi connectivity index (χ0n) is 9.56. The van der Waals surface area contributed by atoms with E-state index < -0.39 is 0 Å². The third kappa shape index (κ3) is 3.31. The summed E-state index contributed by atoms with van der Waals surface area (Å²) in [6.07, 6.45) is 9.79. The third-order valence-electron chi connectivity index (χ3n) is 2.21. The Morgan fingerprint density at radius 3 is 2.50 bits per heavy atom. The lowest BCUT2D eigenvalue weighted by Gasteiger charge is -1.99. The number of rotatable bonds is 5. The lowest BCUT2D eigenvalue weighted by atomic mass is 10.1. The second kappa shape index (κ2) is 6.51. The summed E-state index contributed by atoms with van der Waals surface area (Å²) < 4.78 is 0. The van der Waals surface area contributed by atoms with Crippen molar-refractivity contribution in [1.29, 1.82) is 0 Å². The standard InChI is InChI=1S/C14H16N2/c1-4-12(5-2)11-16-14(6-3)13-7-9-15-10-8-13/h4,6-11H,1,3,5H2,2H3/b12-11+,16-14+. The van der Waals surface area contributed by atoms with Gasteiger partial charge < -0.3 is 0 Å². The summed E-state index contributed by atoms with van der Waals surface area (Å²) in [6.45, 7) is 9.57. The zero-order chi connectivity index (χ0) is 11.8. The van der Waals surface area contributed by atoms with E-state index in [2.05, 4.69) is 30.1 Å². The van der Waals surface area contributed by atoms with Crippen LogP contribution in [0.1, 0.15) is 18.9 Å². The van der Waals surface area contributed by atoms with Crippen molar-refractivity contribution in [3.8, 4) is 0 Å². The van der Waals surface area contributed by atoms with E-state index in [4.69, 9.17) is 0 Å². The molecule has 0 saturated heterocycles. The fourth-order valence-corrected chi connectivity index (χ4v) is 1.21. The van der Waals surface area contributed by atoms with Gasteiger partial charge in [0.05, 0.1) is 5.71 Å². The van der Waals surface area contributed by atoms with Crippen molar-refractivity contribution in [3.63, 3.8) is 0 Å². The van der Waals surface area contributed by atoms with E-state index in [0.29, 0.717) is 0 Å². The molecule has 1 heterocycles.